The number of hydrogen-bond acceptors (Lipinski definition) is 5. The minimum atomic E-state index is -0.510. The standard InChI is InChI=1S/C16H12N2O4S/c1-22-13-7-6-10(8-12(13)18(20)21)9-15-16(19)17-11-4-2-3-5-14(11)23-15/h2-9H,1H3,(H,17,19)/b15-9-. The number of anilines is 1. The van der Waals surface area contributed by atoms with Crippen molar-refractivity contribution in [3.8, 4) is 5.75 Å². The van der Waals surface area contributed by atoms with Gasteiger partial charge in [-0.25, -0.2) is 0 Å². The molecular weight excluding hydrogens is 316 g/mol. The van der Waals surface area contributed by atoms with E-state index in [1.54, 1.807) is 12.1 Å². The molecule has 1 aliphatic rings. The molecule has 0 saturated heterocycles. The van der Waals surface area contributed by atoms with Gasteiger partial charge in [-0.1, -0.05) is 30.0 Å². The number of para-hydroxylation sites is 1. The van der Waals surface area contributed by atoms with E-state index in [9.17, 15) is 14.9 Å². The molecule has 3 rings (SSSR count). The van der Waals surface area contributed by atoms with Gasteiger partial charge in [0, 0.05) is 11.0 Å². The first-order valence-electron chi connectivity index (χ1n) is 6.71. The first kappa shape index (κ1) is 15.1. The minimum absolute atomic E-state index is 0.136. The molecule has 0 unspecified atom stereocenters. The molecule has 2 aromatic rings. The number of rotatable bonds is 3. The monoisotopic (exact) mass is 328 g/mol. The number of nitrogens with one attached hydrogen (secondary N) is 1. The van der Waals surface area contributed by atoms with Gasteiger partial charge >= 0.3 is 5.69 Å². The minimum Gasteiger partial charge on any atom is -0.490 e. The van der Waals surface area contributed by atoms with Crippen LogP contribution >= 0.6 is 11.8 Å². The fourth-order valence-corrected chi connectivity index (χ4v) is 3.14. The highest BCUT2D eigenvalue weighted by atomic mass is 32.2. The Morgan fingerprint density at radius 2 is 2.04 bits per heavy atom. The van der Waals surface area contributed by atoms with Crippen LogP contribution in [-0.4, -0.2) is 17.9 Å². The zero-order valence-corrected chi connectivity index (χ0v) is 12.9. The van der Waals surface area contributed by atoms with Gasteiger partial charge in [-0.05, 0) is 29.8 Å². The van der Waals surface area contributed by atoms with E-state index in [1.165, 1.54) is 31.0 Å². The van der Waals surface area contributed by atoms with Gasteiger partial charge in [0.15, 0.2) is 5.75 Å². The second-order valence-corrected chi connectivity index (χ2v) is 5.83. The van der Waals surface area contributed by atoms with Gasteiger partial charge in [0.1, 0.15) is 0 Å². The second-order valence-electron chi connectivity index (χ2n) is 4.75. The van der Waals surface area contributed by atoms with Gasteiger partial charge in [0.05, 0.1) is 22.6 Å². The molecule has 6 nitrogen and oxygen atoms in total. The van der Waals surface area contributed by atoms with Crippen LogP contribution in [0.5, 0.6) is 5.75 Å². The average molecular weight is 328 g/mol. The predicted octanol–water partition coefficient (Wildman–Crippen LogP) is 3.69. The van der Waals surface area contributed by atoms with Gasteiger partial charge < -0.3 is 10.1 Å². The van der Waals surface area contributed by atoms with Crippen molar-refractivity contribution in [2.75, 3.05) is 12.4 Å². The summed E-state index contributed by atoms with van der Waals surface area (Å²) in [7, 11) is 1.38. The topological polar surface area (TPSA) is 81.5 Å². The number of ether oxygens (including phenoxy) is 1. The highest BCUT2D eigenvalue weighted by Gasteiger charge is 2.21. The Bertz CT molecular complexity index is 833. The third kappa shape index (κ3) is 3.04. The summed E-state index contributed by atoms with van der Waals surface area (Å²) in [6.07, 6.45) is 1.63. The third-order valence-corrected chi connectivity index (χ3v) is 4.38. The lowest BCUT2D eigenvalue weighted by atomic mass is 10.1. The summed E-state index contributed by atoms with van der Waals surface area (Å²) in [4.78, 5) is 24.1. The lowest BCUT2D eigenvalue weighted by Crippen LogP contribution is -2.17. The molecule has 1 N–H and O–H groups in total. The molecule has 0 aromatic heterocycles. The number of carbonyl (C=O) groups excluding carboxylic acids is 1. The van der Waals surface area contributed by atoms with Gasteiger partial charge in [-0.3, -0.25) is 14.9 Å². The smallest absolute Gasteiger partial charge is 0.311 e. The number of nitro groups is 1. The Morgan fingerprint density at radius 3 is 2.78 bits per heavy atom. The number of hydrogen-bond donors (Lipinski definition) is 1. The normalized spacial score (nSPS) is 15.0. The molecule has 116 valence electrons. The Kier molecular flexibility index (Phi) is 4.03. The predicted molar refractivity (Wildman–Crippen MR) is 88.6 cm³/mol. The van der Waals surface area contributed by atoms with Crippen LogP contribution in [0.2, 0.25) is 0 Å². The average Bonchev–Trinajstić information content (AvgIpc) is 2.55. The molecule has 0 bridgehead atoms. The molecule has 7 heteroatoms. The van der Waals surface area contributed by atoms with Gasteiger partial charge in [-0.2, -0.15) is 0 Å². The fourth-order valence-electron chi connectivity index (χ4n) is 2.19. The number of methoxy groups -OCH3 is 1. The van der Waals surface area contributed by atoms with E-state index < -0.39 is 4.92 Å². The first-order chi connectivity index (χ1) is 11.1. The van der Waals surface area contributed by atoms with Crippen molar-refractivity contribution in [3.63, 3.8) is 0 Å². The molecule has 2 aromatic carbocycles. The highest BCUT2D eigenvalue weighted by molar-refractivity contribution is 8.04. The van der Waals surface area contributed by atoms with Crippen LogP contribution in [0.1, 0.15) is 5.56 Å². The number of amides is 1. The Balaban J connectivity index is 1.97. The van der Waals surface area contributed by atoms with E-state index in [-0.39, 0.29) is 17.3 Å². The molecule has 1 amide bonds. The largest absolute Gasteiger partial charge is 0.490 e. The maximum Gasteiger partial charge on any atom is 0.311 e. The first-order valence-corrected chi connectivity index (χ1v) is 7.52. The summed E-state index contributed by atoms with van der Waals surface area (Å²) in [5, 5.41) is 13.9. The number of fused-ring (bicyclic) bond motifs is 1. The van der Waals surface area contributed by atoms with Crippen LogP contribution in [0.25, 0.3) is 6.08 Å². The number of nitrogens with zero attached hydrogens (tertiary/aromatic N) is 1. The Morgan fingerprint density at radius 1 is 1.26 bits per heavy atom. The zero-order chi connectivity index (χ0) is 16.4. The molecule has 1 aliphatic heterocycles. The van der Waals surface area contributed by atoms with E-state index in [1.807, 2.05) is 24.3 Å². The molecule has 0 saturated carbocycles. The summed E-state index contributed by atoms with van der Waals surface area (Å²) in [5.74, 6) is -0.0459. The zero-order valence-electron chi connectivity index (χ0n) is 12.1. The maximum atomic E-state index is 12.1. The molecule has 0 fully saturated rings. The van der Waals surface area contributed by atoms with Crippen LogP contribution in [0.4, 0.5) is 11.4 Å². The van der Waals surface area contributed by atoms with Crippen molar-refractivity contribution in [1.82, 2.24) is 0 Å². The van der Waals surface area contributed by atoms with E-state index in [0.717, 1.165) is 10.6 Å². The van der Waals surface area contributed by atoms with Crippen LogP contribution in [0.3, 0.4) is 0 Å². The van der Waals surface area contributed by atoms with Crippen LogP contribution in [-0.2, 0) is 4.79 Å². The van der Waals surface area contributed by atoms with Gasteiger partial charge in [0.25, 0.3) is 5.91 Å². The lowest BCUT2D eigenvalue weighted by Gasteiger charge is -2.18. The molecule has 0 spiro atoms. The number of carbonyl (C=O) groups is 1. The van der Waals surface area contributed by atoms with Crippen molar-refractivity contribution < 1.29 is 14.5 Å². The molecule has 0 radical (unpaired) electrons. The van der Waals surface area contributed by atoms with Crippen molar-refractivity contribution in [2.45, 2.75) is 4.90 Å². The number of nitro benzene ring substituents is 1. The van der Waals surface area contributed by atoms with E-state index in [2.05, 4.69) is 5.32 Å². The van der Waals surface area contributed by atoms with E-state index in [0.29, 0.717) is 10.5 Å². The molecule has 0 aliphatic carbocycles. The van der Waals surface area contributed by atoms with Crippen molar-refractivity contribution >= 4 is 35.1 Å². The van der Waals surface area contributed by atoms with Gasteiger partial charge in [-0.15, -0.1) is 0 Å². The summed E-state index contributed by atoms with van der Waals surface area (Å²) < 4.78 is 4.97. The number of thioether (sulfide) groups is 1. The quantitative estimate of drug-likeness (QED) is 0.528. The van der Waals surface area contributed by atoms with E-state index in [4.69, 9.17) is 4.74 Å². The summed E-state index contributed by atoms with van der Waals surface area (Å²) in [6, 6.07) is 12.1. The fraction of sp³-hybridized carbons (Fsp3) is 0.0625. The van der Waals surface area contributed by atoms with Crippen molar-refractivity contribution in [2.24, 2.45) is 0 Å². The van der Waals surface area contributed by atoms with Crippen molar-refractivity contribution in [3.05, 3.63) is 63.0 Å². The van der Waals surface area contributed by atoms with Crippen molar-refractivity contribution in [1.29, 1.82) is 0 Å². The molecule has 1 heterocycles. The second kappa shape index (κ2) is 6.13. The lowest BCUT2D eigenvalue weighted by molar-refractivity contribution is -0.385. The van der Waals surface area contributed by atoms with Crippen LogP contribution in [0, 0.1) is 10.1 Å². The highest BCUT2D eigenvalue weighted by Crippen LogP contribution is 2.39. The molecule has 23 heavy (non-hydrogen) atoms. The van der Waals surface area contributed by atoms with Gasteiger partial charge in [0.2, 0.25) is 0 Å². The summed E-state index contributed by atoms with van der Waals surface area (Å²) in [6.45, 7) is 0. The third-order valence-electron chi connectivity index (χ3n) is 3.28. The SMILES string of the molecule is COc1ccc(/C=C2\Sc3ccccc3NC2=O)cc1[N+](=O)[O-]. The molecular formula is C16H12N2O4S. The van der Waals surface area contributed by atoms with Crippen LogP contribution < -0.4 is 10.1 Å². The van der Waals surface area contributed by atoms with Crippen LogP contribution in [0.15, 0.2) is 52.3 Å². The summed E-state index contributed by atoms with van der Waals surface area (Å²) in [5.41, 5.74) is 1.19. The number of benzene rings is 2. The summed E-state index contributed by atoms with van der Waals surface area (Å²) >= 11 is 1.33. The Labute approximate surface area is 136 Å². The molecule has 0 atom stereocenters. The Hall–Kier alpha value is -2.80. The van der Waals surface area contributed by atoms with E-state index >= 15 is 0 Å². The maximum absolute atomic E-state index is 12.1.